The highest BCUT2D eigenvalue weighted by Gasteiger charge is 2.51. The van der Waals surface area contributed by atoms with Gasteiger partial charge in [0.1, 0.15) is 14.5 Å². The highest BCUT2D eigenvalue weighted by atomic mass is 32.2. The molecule has 3 nitrogen and oxygen atoms in total. The van der Waals surface area contributed by atoms with Crippen LogP contribution in [0.4, 0.5) is 0 Å². The fraction of sp³-hybridized carbons (Fsp3) is 0.923. The van der Waals surface area contributed by atoms with Gasteiger partial charge < -0.3 is 4.74 Å². The molecule has 116 valence electrons. The molecule has 0 spiro atoms. The van der Waals surface area contributed by atoms with E-state index in [1.54, 1.807) is 0 Å². The van der Waals surface area contributed by atoms with Crippen LogP contribution in [-0.4, -0.2) is 39.7 Å². The number of nitrogens with zero attached hydrogens (tertiary/aromatic N) is 1. The zero-order chi connectivity index (χ0) is 14.6. The third kappa shape index (κ3) is 4.70. The van der Waals surface area contributed by atoms with Crippen LogP contribution in [-0.2, 0) is 4.74 Å². The Kier molecular flexibility index (Phi) is 6.87. The van der Waals surface area contributed by atoms with Gasteiger partial charge in [0.2, 0.25) is 4.01 Å². The van der Waals surface area contributed by atoms with Crippen LogP contribution in [0.2, 0.25) is 0 Å². The van der Waals surface area contributed by atoms with Crippen molar-refractivity contribution in [3.63, 3.8) is 0 Å². The van der Waals surface area contributed by atoms with Gasteiger partial charge in [0.05, 0.1) is 0 Å². The van der Waals surface area contributed by atoms with E-state index in [-0.39, 0.29) is 7.92 Å². The Balaban J connectivity index is 1.57. The maximum absolute atomic E-state index is 5.50. The largest absolute Gasteiger partial charge is 0.413 e. The van der Waals surface area contributed by atoms with Gasteiger partial charge in [-0.15, -0.1) is 25.3 Å². The lowest BCUT2D eigenvalue weighted by molar-refractivity contribution is -0.466. The molecule has 0 amide bonds. The summed E-state index contributed by atoms with van der Waals surface area (Å²) in [5, 5.41) is 0. The fourth-order valence-electron chi connectivity index (χ4n) is 2.67. The highest BCUT2D eigenvalue weighted by Crippen LogP contribution is 2.61. The van der Waals surface area contributed by atoms with Gasteiger partial charge in [0.15, 0.2) is 0 Å². The van der Waals surface area contributed by atoms with Crippen molar-refractivity contribution in [2.75, 3.05) is 19.8 Å². The minimum atomic E-state index is -0.527. The van der Waals surface area contributed by atoms with E-state index in [0.717, 1.165) is 25.1 Å². The number of thiol groups is 3. The Bertz CT molecular complexity index is 349. The SMILES string of the molecule is CP1C(=[NH+]CCCCN(S)C2CCCCC2)OC1(S)S. The number of ether oxygens (including phenoxy) is 1. The minimum Gasteiger partial charge on any atom is -0.413 e. The Labute approximate surface area is 140 Å². The summed E-state index contributed by atoms with van der Waals surface area (Å²) in [6.07, 6.45) is 9.10. The van der Waals surface area contributed by atoms with Gasteiger partial charge in [-0.05, 0) is 25.9 Å². The molecule has 0 radical (unpaired) electrons. The molecule has 1 saturated carbocycles. The molecule has 20 heavy (non-hydrogen) atoms. The highest BCUT2D eigenvalue weighted by molar-refractivity contribution is 8.14. The Morgan fingerprint density at radius 2 is 2.00 bits per heavy atom. The van der Waals surface area contributed by atoms with Crippen LogP contribution in [0.3, 0.4) is 0 Å². The van der Waals surface area contributed by atoms with Crippen LogP contribution in [0.25, 0.3) is 0 Å². The van der Waals surface area contributed by atoms with Gasteiger partial charge in [-0.2, -0.15) is 0 Å². The maximum atomic E-state index is 5.50. The lowest BCUT2D eigenvalue weighted by Gasteiger charge is -2.36. The second-order valence-electron chi connectivity index (χ2n) is 5.63. The van der Waals surface area contributed by atoms with Gasteiger partial charge in [0.25, 0.3) is 0 Å². The van der Waals surface area contributed by atoms with Crippen molar-refractivity contribution in [2.24, 2.45) is 0 Å². The average Bonchev–Trinajstić information content (AvgIpc) is 2.46. The smallest absolute Gasteiger partial charge is 0.362 e. The maximum Gasteiger partial charge on any atom is 0.362 e. The van der Waals surface area contributed by atoms with E-state index in [0.29, 0.717) is 6.04 Å². The zero-order valence-electron chi connectivity index (χ0n) is 12.1. The van der Waals surface area contributed by atoms with Gasteiger partial charge in [-0.1, -0.05) is 32.1 Å². The zero-order valence-corrected chi connectivity index (χ0v) is 15.7. The molecule has 7 heteroatoms. The van der Waals surface area contributed by atoms with Crippen LogP contribution in [0.5, 0.6) is 0 Å². The minimum absolute atomic E-state index is 0.382. The van der Waals surface area contributed by atoms with Gasteiger partial charge >= 0.3 is 5.64 Å². The van der Waals surface area contributed by atoms with Crippen molar-refractivity contribution in [3.05, 3.63) is 0 Å². The van der Waals surface area contributed by atoms with Crippen LogP contribution in [0.15, 0.2) is 0 Å². The average molecular weight is 354 g/mol. The van der Waals surface area contributed by atoms with Crippen molar-refractivity contribution < 1.29 is 9.73 Å². The number of unbranched alkanes of at least 4 members (excludes halogenated alkanes) is 1. The van der Waals surface area contributed by atoms with Crippen LogP contribution in [0.1, 0.15) is 44.9 Å². The summed E-state index contributed by atoms with van der Waals surface area (Å²) in [5.74, 6) is 0. The molecule has 0 aromatic heterocycles. The van der Waals surface area contributed by atoms with Crippen molar-refractivity contribution in [3.8, 4) is 0 Å². The van der Waals surface area contributed by atoms with E-state index in [9.17, 15) is 0 Å². The molecule has 0 aromatic rings. The quantitative estimate of drug-likeness (QED) is 0.255. The number of nitrogens with one attached hydrogen (secondary N) is 1. The molecular weight excluding hydrogens is 327 g/mol. The first-order valence-electron chi connectivity index (χ1n) is 7.44. The van der Waals surface area contributed by atoms with Crippen LogP contribution >= 0.6 is 46.0 Å². The number of hydrogen-bond acceptors (Lipinski definition) is 5. The Morgan fingerprint density at radius 1 is 1.30 bits per heavy atom. The first kappa shape index (κ1) is 17.3. The van der Waals surface area contributed by atoms with E-state index in [1.165, 1.54) is 38.5 Å². The molecule has 1 N–H and O–H groups in total. The van der Waals surface area contributed by atoms with Gasteiger partial charge in [-0.25, -0.2) is 4.99 Å². The third-order valence-electron chi connectivity index (χ3n) is 4.06. The molecule has 2 aliphatic rings. The fourth-order valence-corrected chi connectivity index (χ4v) is 4.90. The predicted molar refractivity (Wildman–Crippen MR) is 97.3 cm³/mol. The van der Waals surface area contributed by atoms with E-state index in [1.807, 2.05) is 0 Å². The van der Waals surface area contributed by atoms with E-state index >= 15 is 0 Å². The molecule has 1 aliphatic carbocycles. The van der Waals surface area contributed by atoms with E-state index in [4.69, 9.17) is 4.74 Å². The van der Waals surface area contributed by atoms with Crippen molar-refractivity contribution in [2.45, 2.75) is 55.0 Å². The number of hydrogen-bond donors (Lipinski definition) is 4. The molecule has 1 aliphatic heterocycles. The molecular formula is C13H26N2OPS3+. The van der Waals surface area contributed by atoms with Crippen LogP contribution in [0, 0.1) is 0 Å². The monoisotopic (exact) mass is 353 g/mol. The van der Waals surface area contributed by atoms with E-state index in [2.05, 4.69) is 54.0 Å². The van der Waals surface area contributed by atoms with Crippen LogP contribution < -0.4 is 4.99 Å². The third-order valence-corrected chi connectivity index (χ3v) is 8.39. The normalized spacial score (nSPS) is 28.4. The Morgan fingerprint density at radius 3 is 2.60 bits per heavy atom. The molecule has 2 fully saturated rings. The molecule has 1 unspecified atom stereocenters. The van der Waals surface area contributed by atoms with Crippen molar-refractivity contribution in [1.29, 1.82) is 0 Å². The Hall–Kier alpha value is 0.910. The lowest BCUT2D eigenvalue weighted by atomic mass is 9.95. The summed E-state index contributed by atoms with van der Waals surface area (Å²) in [5.41, 5.74) is 0.986. The summed E-state index contributed by atoms with van der Waals surface area (Å²) in [6, 6.07) is 0.696. The molecule has 1 saturated heterocycles. The topological polar surface area (TPSA) is 26.4 Å². The molecule has 0 aromatic carbocycles. The molecule has 0 bridgehead atoms. The summed E-state index contributed by atoms with van der Waals surface area (Å²) >= 11 is 13.3. The first-order valence-corrected chi connectivity index (χ1v) is 10.5. The summed E-state index contributed by atoms with van der Waals surface area (Å²) in [7, 11) is -0.382. The first-order chi connectivity index (χ1) is 9.50. The summed E-state index contributed by atoms with van der Waals surface area (Å²) < 4.78 is 7.23. The number of rotatable bonds is 6. The second-order valence-corrected chi connectivity index (χ2v) is 10.6. The second kappa shape index (κ2) is 7.96. The standard InChI is InChI=1S/C13H25N2OPS3/c1-17-12(16-13(17,18)19)14-9-5-6-10-15(20)11-7-3-2-4-8-11/h11,18-20H,2-10H2,1H3/p+1. The molecule has 1 heterocycles. The predicted octanol–water partition coefficient (Wildman–Crippen LogP) is 2.30. The molecule has 1 atom stereocenters. The summed E-state index contributed by atoms with van der Waals surface area (Å²) in [4.78, 5) is 3.36. The van der Waals surface area contributed by atoms with Gasteiger partial charge in [-0.3, -0.25) is 4.31 Å². The van der Waals surface area contributed by atoms with Crippen molar-refractivity contribution in [1.82, 2.24) is 4.31 Å². The van der Waals surface area contributed by atoms with E-state index < -0.39 is 4.01 Å². The molecule has 2 rings (SSSR count). The van der Waals surface area contributed by atoms with Gasteiger partial charge in [0, 0.05) is 19.0 Å². The lowest BCUT2D eigenvalue weighted by Crippen LogP contribution is -2.76. The van der Waals surface area contributed by atoms with Crippen molar-refractivity contribution >= 4 is 51.6 Å². The summed E-state index contributed by atoms with van der Waals surface area (Å²) in [6.45, 7) is 4.18.